The van der Waals surface area contributed by atoms with Gasteiger partial charge >= 0.3 is 0 Å². The summed E-state index contributed by atoms with van der Waals surface area (Å²) >= 11 is 6.02. The highest BCUT2D eigenvalue weighted by atomic mass is 35.5. The third-order valence-corrected chi connectivity index (χ3v) is 3.01. The zero-order chi connectivity index (χ0) is 13.0. The van der Waals surface area contributed by atoms with E-state index in [1.807, 2.05) is 25.1 Å². The topological polar surface area (TPSA) is 46.9 Å². The van der Waals surface area contributed by atoms with Crippen LogP contribution in [0.3, 0.4) is 0 Å². The molecule has 1 aromatic heterocycles. The summed E-state index contributed by atoms with van der Waals surface area (Å²) in [5, 5.41) is 7.55. The van der Waals surface area contributed by atoms with Gasteiger partial charge in [0.05, 0.1) is 0 Å². The second-order valence-electron chi connectivity index (χ2n) is 3.81. The van der Waals surface area contributed by atoms with Crippen LogP contribution in [0, 0.1) is 0 Å². The Morgan fingerprint density at radius 2 is 2.17 bits per heavy atom. The molecule has 2 aromatic rings. The van der Waals surface area contributed by atoms with Gasteiger partial charge in [-0.3, -0.25) is 9.48 Å². The van der Waals surface area contributed by atoms with Crippen LogP contribution in [0.5, 0.6) is 0 Å². The molecule has 0 atom stereocenters. The second-order valence-corrected chi connectivity index (χ2v) is 4.21. The highest BCUT2D eigenvalue weighted by Gasteiger charge is 2.10. The quantitative estimate of drug-likeness (QED) is 0.921. The normalized spacial score (nSPS) is 10.3. The van der Waals surface area contributed by atoms with Crippen LogP contribution in [-0.4, -0.2) is 15.7 Å². The minimum Gasteiger partial charge on any atom is -0.347 e. The zero-order valence-electron chi connectivity index (χ0n) is 10.1. The van der Waals surface area contributed by atoms with Gasteiger partial charge in [0.25, 0.3) is 5.91 Å². The number of halogens is 1. The van der Waals surface area contributed by atoms with Crippen LogP contribution in [0.1, 0.15) is 23.0 Å². The first-order valence-electron chi connectivity index (χ1n) is 5.75. The Bertz CT molecular complexity index is 551. The van der Waals surface area contributed by atoms with E-state index in [4.69, 9.17) is 11.6 Å². The van der Waals surface area contributed by atoms with Gasteiger partial charge in [0, 0.05) is 24.3 Å². The van der Waals surface area contributed by atoms with Crippen molar-refractivity contribution in [3.8, 4) is 0 Å². The number of amides is 1. The lowest BCUT2D eigenvalue weighted by Gasteiger charge is -2.07. The molecule has 0 unspecified atom stereocenters. The fourth-order valence-electron chi connectivity index (χ4n) is 1.69. The highest BCUT2D eigenvalue weighted by molar-refractivity contribution is 6.31. The van der Waals surface area contributed by atoms with Crippen molar-refractivity contribution in [2.45, 2.75) is 20.0 Å². The van der Waals surface area contributed by atoms with Crippen molar-refractivity contribution >= 4 is 17.5 Å². The van der Waals surface area contributed by atoms with Crippen LogP contribution in [0.2, 0.25) is 5.02 Å². The van der Waals surface area contributed by atoms with Gasteiger partial charge in [0.1, 0.15) is 5.69 Å². The molecule has 1 N–H and O–H groups in total. The predicted molar refractivity (Wildman–Crippen MR) is 70.5 cm³/mol. The van der Waals surface area contributed by atoms with Crippen LogP contribution < -0.4 is 5.32 Å². The number of aryl methyl sites for hydroxylation is 1. The molecule has 0 spiro atoms. The second kappa shape index (κ2) is 5.69. The lowest BCUT2D eigenvalue weighted by Crippen LogP contribution is -2.25. The molecule has 1 aromatic carbocycles. The number of carbonyl (C=O) groups is 1. The van der Waals surface area contributed by atoms with E-state index >= 15 is 0 Å². The molecule has 2 rings (SSSR count). The molecule has 0 saturated carbocycles. The van der Waals surface area contributed by atoms with Gasteiger partial charge in [0.2, 0.25) is 0 Å². The summed E-state index contributed by atoms with van der Waals surface area (Å²) in [5.41, 5.74) is 1.46. The van der Waals surface area contributed by atoms with Crippen molar-refractivity contribution in [2.24, 2.45) is 0 Å². The Labute approximate surface area is 111 Å². The van der Waals surface area contributed by atoms with Gasteiger partial charge < -0.3 is 5.32 Å². The summed E-state index contributed by atoms with van der Waals surface area (Å²) in [5.74, 6) is -0.144. The molecule has 18 heavy (non-hydrogen) atoms. The average molecular weight is 264 g/mol. The predicted octanol–water partition coefficient (Wildman–Crippen LogP) is 2.49. The third-order valence-electron chi connectivity index (χ3n) is 2.65. The van der Waals surface area contributed by atoms with E-state index in [1.165, 1.54) is 0 Å². The molecule has 0 radical (unpaired) electrons. The molecule has 4 nitrogen and oxygen atoms in total. The molecule has 0 aliphatic heterocycles. The first-order valence-corrected chi connectivity index (χ1v) is 6.13. The molecule has 94 valence electrons. The summed E-state index contributed by atoms with van der Waals surface area (Å²) in [7, 11) is 0. The molecule has 0 saturated heterocycles. The lowest BCUT2D eigenvalue weighted by atomic mass is 10.2. The number of rotatable bonds is 4. The smallest absolute Gasteiger partial charge is 0.269 e. The van der Waals surface area contributed by atoms with Crippen molar-refractivity contribution in [1.82, 2.24) is 15.1 Å². The van der Waals surface area contributed by atoms with E-state index in [1.54, 1.807) is 23.0 Å². The van der Waals surface area contributed by atoms with Gasteiger partial charge in [-0.25, -0.2) is 0 Å². The minimum absolute atomic E-state index is 0.144. The number of hydrogen-bond acceptors (Lipinski definition) is 2. The van der Waals surface area contributed by atoms with Crippen LogP contribution >= 0.6 is 11.6 Å². The first-order chi connectivity index (χ1) is 8.72. The van der Waals surface area contributed by atoms with Gasteiger partial charge in [-0.2, -0.15) is 5.10 Å². The monoisotopic (exact) mass is 263 g/mol. The molecule has 0 aliphatic carbocycles. The Kier molecular flexibility index (Phi) is 3.99. The van der Waals surface area contributed by atoms with Crippen molar-refractivity contribution in [3.63, 3.8) is 0 Å². The van der Waals surface area contributed by atoms with Crippen molar-refractivity contribution in [2.75, 3.05) is 0 Å². The van der Waals surface area contributed by atoms with Crippen LogP contribution in [0.25, 0.3) is 0 Å². The van der Waals surface area contributed by atoms with E-state index < -0.39 is 0 Å². The lowest BCUT2D eigenvalue weighted by molar-refractivity contribution is 0.0940. The van der Waals surface area contributed by atoms with E-state index in [2.05, 4.69) is 10.4 Å². The van der Waals surface area contributed by atoms with E-state index in [9.17, 15) is 4.79 Å². The van der Waals surface area contributed by atoms with Crippen LogP contribution in [0.15, 0.2) is 36.5 Å². The maximum atomic E-state index is 12.0. The van der Waals surface area contributed by atoms with E-state index in [0.29, 0.717) is 23.8 Å². The van der Waals surface area contributed by atoms with Gasteiger partial charge in [-0.1, -0.05) is 29.8 Å². The third kappa shape index (κ3) is 2.71. The average Bonchev–Trinajstić information content (AvgIpc) is 2.86. The van der Waals surface area contributed by atoms with Crippen LogP contribution in [0.4, 0.5) is 0 Å². The fraction of sp³-hybridized carbons (Fsp3) is 0.231. The maximum absolute atomic E-state index is 12.0. The molecule has 1 amide bonds. The van der Waals surface area contributed by atoms with Gasteiger partial charge in [0.15, 0.2) is 0 Å². The standard InChI is InChI=1S/C13H14ClN3O/c1-2-17-12(7-8-16-17)13(18)15-9-10-5-3-4-6-11(10)14/h3-8H,2,9H2,1H3,(H,15,18). The van der Waals surface area contributed by atoms with Crippen LogP contribution in [-0.2, 0) is 13.1 Å². The Balaban J connectivity index is 2.03. The summed E-state index contributed by atoms with van der Waals surface area (Å²) in [4.78, 5) is 12.0. The number of nitrogens with zero attached hydrogens (tertiary/aromatic N) is 2. The molecule has 0 aliphatic rings. The fourth-order valence-corrected chi connectivity index (χ4v) is 1.89. The first kappa shape index (κ1) is 12.6. The molecule has 0 bridgehead atoms. The van der Waals surface area contributed by atoms with Gasteiger partial charge in [-0.05, 0) is 24.6 Å². The Morgan fingerprint density at radius 3 is 2.89 bits per heavy atom. The summed E-state index contributed by atoms with van der Waals surface area (Å²) in [6.07, 6.45) is 1.62. The maximum Gasteiger partial charge on any atom is 0.269 e. The Hall–Kier alpha value is -1.81. The highest BCUT2D eigenvalue weighted by Crippen LogP contribution is 2.14. The SMILES string of the molecule is CCn1nccc1C(=O)NCc1ccccc1Cl. The summed E-state index contributed by atoms with van der Waals surface area (Å²) < 4.78 is 1.65. The minimum atomic E-state index is -0.144. The van der Waals surface area contributed by atoms with Gasteiger partial charge in [-0.15, -0.1) is 0 Å². The molecule has 5 heteroatoms. The van der Waals surface area contributed by atoms with E-state index in [0.717, 1.165) is 5.56 Å². The Morgan fingerprint density at radius 1 is 1.39 bits per heavy atom. The number of carbonyl (C=O) groups excluding carboxylic acids is 1. The van der Waals surface area contributed by atoms with Crippen molar-refractivity contribution in [1.29, 1.82) is 0 Å². The number of hydrogen-bond donors (Lipinski definition) is 1. The molecule has 0 fully saturated rings. The number of nitrogens with one attached hydrogen (secondary N) is 1. The number of benzene rings is 1. The summed E-state index contributed by atoms with van der Waals surface area (Å²) in [6.45, 7) is 3.02. The van der Waals surface area contributed by atoms with E-state index in [-0.39, 0.29) is 5.91 Å². The number of aromatic nitrogens is 2. The largest absolute Gasteiger partial charge is 0.347 e. The van der Waals surface area contributed by atoms with Crippen molar-refractivity contribution in [3.05, 3.63) is 52.8 Å². The zero-order valence-corrected chi connectivity index (χ0v) is 10.8. The molecular formula is C13H14ClN3O. The van der Waals surface area contributed by atoms with Crippen molar-refractivity contribution < 1.29 is 4.79 Å². The molecule has 1 heterocycles. The summed E-state index contributed by atoms with van der Waals surface area (Å²) in [6, 6.07) is 9.15. The molecular weight excluding hydrogens is 250 g/mol.